The molecule has 3 rings (SSSR count). The lowest BCUT2D eigenvalue weighted by atomic mass is 10.0. The second-order valence-electron chi connectivity index (χ2n) is 11.1. The third kappa shape index (κ3) is 10.2. The highest BCUT2D eigenvalue weighted by Crippen LogP contribution is 2.30. The molecule has 12 heteroatoms. The van der Waals surface area contributed by atoms with E-state index in [1.54, 1.807) is 25.0 Å². The second kappa shape index (κ2) is 18.2. The fourth-order valence-electron chi connectivity index (χ4n) is 4.96. The predicted octanol–water partition coefficient (Wildman–Crippen LogP) is 3.84. The molecule has 0 aliphatic heterocycles. The number of likely N-dealkylation sites (N-methyl/N-ethyl adjacent to an activating group) is 2. The molecule has 45 heavy (non-hydrogen) atoms. The summed E-state index contributed by atoms with van der Waals surface area (Å²) in [4.78, 5) is 47.4. The van der Waals surface area contributed by atoms with E-state index in [0.717, 1.165) is 26.9 Å². The number of hydrogen-bond acceptors (Lipinski definition) is 6. The first-order chi connectivity index (χ1) is 21.6. The molecular weight excluding hydrogens is 610 g/mol. The molecule has 1 aromatic heterocycles. The predicted molar refractivity (Wildman–Crippen MR) is 183 cm³/mol. The normalized spacial score (nSPS) is 14.7. The molecule has 0 aliphatic carbocycles. The summed E-state index contributed by atoms with van der Waals surface area (Å²) in [5, 5.41) is 10.1. The van der Waals surface area contributed by atoms with Crippen molar-refractivity contribution in [3.8, 4) is 0 Å². The van der Waals surface area contributed by atoms with Gasteiger partial charge in [0.25, 0.3) is 0 Å². The van der Waals surface area contributed by atoms with Gasteiger partial charge in [0.1, 0.15) is 12.1 Å². The van der Waals surface area contributed by atoms with Crippen LogP contribution in [0.15, 0.2) is 59.6 Å². The van der Waals surface area contributed by atoms with Gasteiger partial charge in [-0.1, -0.05) is 61.4 Å². The second-order valence-corrected chi connectivity index (χ2v) is 13.2. The zero-order chi connectivity index (χ0) is 32.9. The van der Waals surface area contributed by atoms with Gasteiger partial charge in [-0.05, 0) is 37.3 Å². The number of aromatic nitrogens is 1. The molecule has 1 heterocycles. The molecule has 246 valence electrons. The Morgan fingerprint density at radius 3 is 2.44 bits per heavy atom. The van der Waals surface area contributed by atoms with E-state index in [4.69, 9.17) is 23.1 Å². The van der Waals surface area contributed by atoms with Crippen molar-refractivity contribution in [1.29, 1.82) is 0 Å². The maximum Gasteiger partial charge on any atom is 0.246 e. The lowest BCUT2D eigenvalue weighted by Gasteiger charge is -2.31. The number of thioether (sulfide) groups is 1. The summed E-state index contributed by atoms with van der Waals surface area (Å²) in [6.45, 7) is 6.72. The summed E-state index contributed by atoms with van der Waals surface area (Å²) < 4.78 is 0. The molecule has 2 aromatic carbocycles. The quantitative estimate of drug-likeness (QED) is 0.120. The molecule has 0 bridgehead atoms. The van der Waals surface area contributed by atoms with Crippen LogP contribution in [0.2, 0.25) is 0 Å². The van der Waals surface area contributed by atoms with Crippen LogP contribution < -0.4 is 26.7 Å². The fraction of sp³-hybridized carbons (Fsp3) is 0.485. The molecule has 0 radical (unpaired) electrons. The van der Waals surface area contributed by atoms with Crippen molar-refractivity contribution in [3.63, 3.8) is 0 Å². The van der Waals surface area contributed by atoms with Crippen LogP contribution in [-0.2, 0) is 27.3 Å². The van der Waals surface area contributed by atoms with E-state index in [1.165, 1.54) is 4.90 Å². The van der Waals surface area contributed by atoms with Gasteiger partial charge in [0.15, 0.2) is 0 Å². The Balaban J connectivity index is 1.74. The fourth-order valence-corrected chi connectivity index (χ4v) is 6.15. The van der Waals surface area contributed by atoms with Crippen LogP contribution >= 0.6 is 23.4 Å². The van der Waals surface area contributed by atoms with Gasteiger partial charge in [0, 0.05) is 48.6 Å². The molecule has 0 aliphatic rings. The first kappa shape index (κ1) is 36.4. The van der Waals surface area contributed by atoms with Crippen LogP contribution in [0.5, 0.6) is 0 Å². The van der Waals surface area contributed by atoms with Crippen LogP contribution in [0.4, 0.5) is 0 Å². The number of hydrogen-bond donors (Lipinski definition) is 4. The number of halogens is 1. The van der Waals surface area contributed by atoms with E-state index in [-0.39, 0.29) is 42.0 Å². The van der Waals surface area contributed by atoms with Crippen molar-refractivity contribution in [1.82, 2.24) is 25.8 Å². The minimum absolute atomic E-state index is 0.0104. The Morgan fingerprint density at radius 1 is 1.04 bits per heavy atom. The highest BCUT2D eigenvalue weighted by atomic mass is 35.5. The number of carbonyl (C=O) groups is 3. The average Bonchev–Trinajstić information content (AvgIpc) is 3.45. The van der Waals surface area contributed by atoms with Gasteiger partial charge in [-0.25, -0.2) is 0 Å². The van der Waals surface area contributed by atoms with E-state index in [9.17, 15) is 14.4 Å². The van der Waals surface area contributed by atoms with Crippen molar-refractivity contribution >= 4 is 52.0 Å². The molecule has 0 saturated carbocycles. The Hall–Kier alpha value is -3.09. The molecule has 3 amide bonds. The molecule has 5 atom stereocenters. The maximum absolute atomic E-state index is 13.7. The van der Waals surface area contributed by atoms with Gasteiger partial charge in [0.2, 0.25) is 17.7 Å². The van der Waals surface area contributed by atoms with Crippen molar-refractivity contribution < 1.29 is 14.4 Å². The van der Waals surface area contributed by atoms with E-state index in [0.29, 0.717) is 25.9 Å². The van der Waals surface area contributed by atoms with Crippen molar-refractivity contribution in [2.45, 2.75) is 80.2 Å². The molecule has 0 spiro atoms. The summed E-state index contributed by atoms with van der Waals surface area (Å²) in [7, 11) is 1.56. The summed E-state index contributed by atoms with van der Waals surface area (Å²) in [6.07, 6.45) is 2.91. The molecule has 0 fully saturated rings. The first-order valence-electron chi connectivity index (χ1n) is 15.4. The number of amides is 3. The minimum Gasteiger partial charge on any atom is -0.677 e. The van der Waals surface area contributed by atoms with Crippen molar-refractivity contribution in [2.75, 3.05) is 26.7 Å². The van der Waals surface area contributed by atoms with Crippen molar-refractivity contribution in [3.05, 3.63) is 71.6 Å². The number of nitrogens with one attached hydrogen (secondary N) is 4. The third-order valence-corrected chi connectivity index (χ3v) is 9.76. The van der Waals surface area contributed by atoms with Crippen LogP contribution in [-0.4, -0.2) is 78.1 Å². The highest BCUT2D eigenvalue weighted by Gasteiger charge is 2.33. The molecule has 0 saturated heterocycles. The van der Waals surface area contributed by atoms with Gasteiger partial charge in [-0.3, -0.25) is 14.4 Å². The zero-order valence-corrected chi connectivity index (χ0v) is 28.1. The Kier molecular flexibility index (Phi) is 14.7. The summed E-state index contributed by atoms with van der Waals surface area (Å²) >= 11 is 7.99. The number of carbonyl (C=O) groups excluding carboxylic acids is 3. The Labute approximate surface area is 275 Å². The van der Waals surface area contributed by atoms with Crippen LogP contribution in [0.25, 0.3) is 16.6 Å². The highest BCUT2D eigenvalue weighted by molar-refractivity contribution is 8.00. The van der Waals surface area contributed by atoms with Gasteiger partial charge >= 0.3 is 0 Å². The van der Waals surface area contributed by atoms with E-state index < -0.39 is 24.0 Å². The van der Waals surface area contributed by atoms with E-state index >= 15 is 0 Å². The Bertz CT molecular complexity index is 1400. The topological polar surface area (TPSA) is 154 Å². The maximum atomic E-state index is 13.7. The van der Waals surface area contributed by atoms with E-state index in [1.807, 2.05) is 62.4 Å². The standard InChI is InChI=1S/C33H46ClN7O3S/c1-5-37-32(43)29(17-24-20-38-26-13-8-7-12-25(24)26)41(4)33(44)28(18-36)40-31(42)27(14-10-16-35)39-19-23-11-6-9-15-30(23)45-22(3)21(2)34/h6-9,11-13,15,20-22,27-29,35,39H,5,10,14,16-19,36H2,1-4H3,(H,37,43)(H,40,42)/q-2/t21-,22?,27+,28+,29+/m1/s1. The average molecular weight is 656 g/mol. The van der Waals surface area contributed by atoms with Crippen LogP contribution in [0, 0.1) is 0 Å². The summed E-state index contributed by atoms with van der Waals surface area (Å²) in [5.41, 5.74) is 16.4. The van der Waals surface area contributed by atoms with Crippen molar-refractivity contribution in [2.24, 2.45) is 5.73 Å². The molecular formula is C33H46ClN7O3S-2. The van der Waals surface area contributed by atoms with Crippen LogP contribution in [0.1, 0.15) is 44.7 Å². The first-order valence-corrected chi connectivity index (χ1v) is 16.7. The number of rotatable bonds is 18. The Morgan fingerprint density at radius 2 is 1.76 bits per heavy atom. The van der Waals surface area contributed by atoms with Gasteiger partial charge in [-0.15, -0.1) is 28.9 Å². The number of fused-ring (bicyclic) bond motifs is 1. The smallest absolute Gasteiger partial charge is 0.246 e. The van der Waals surface area contributed by atoms with E-state index in [2.05, 4.69) is 27.9 Å². The lowest BCUT2D eigenvalue weighted by Crippen LogP contribution is -2.59. The summed E-state index contributed by atoms with van der Waals surface area (Å²) in [5.74, 6) is -1.14. The van der Waals surface area contributed by atoms with Gasteiger partial charge in [0.05, 0.1) is 6.04 Å². The molecule has 1 unspecified atom stereocenters. The number of benzene rings is 2. The van der Waals surface area contributed by atoms with Gasteiger partial charge < -0.3 is 37.3 Å². The number of nitrogens with two attached hydrogens (primary N) is 1. The number of para-hydroxylation sites is 1. The minimum atomic E-state index is -1.04. The monoisotopic (exact) mass is 655 g/mol. The van der Waals surface area contributed by atoms with Crippen LogP contribution in [0.3, 0.4) is 0 Å². The molecule has 6 N–H and O–H groups in total. The number of nitrogens with zero attached hydrogens (tertiary/aromatic N) is 2. The van der Waals surface area contributed by atoms with Gasteiger partial charge in [-0.2, -0.15) is 12.7 Å². The third-order valence-electron chi connectivity index (χ3n) is 7.80. The molecule has 10 nitrogen and oxygen atoms in total. The lowest BCUT2D eigenvalue weighted by molar-refractivity contribution is -0.141. The number of alkyl halides is 1. The SMILES string of the molecule is CCNC(=O)[C@H](Cc1c[n-]c2ccccc12)N(C)C(=O)[C@H](CN)NC(=O)[C@H](CCC[NH-])NCc1ccccc1SC(C)[C@@H](C)Cl. The zero-order valence-electron chi connectivity index (χ0n) is 26.5. The largest absolute Gasteiger partial charge is 0.677 e. The molecule has 3 aromatic rings. The summed E-state index contributed by atoms with van der Waals surface area (Å²) in [6, 6.07) is 13.1.